The van der Waals surface area contributed by atoms with Gasteiger partial charge in [-0.2, -0.15) is 4.68 Å². The Kier molecular flexibility index (Phi) is 3.66. The predicted molar refractivity (Wildman–Crippen MR) is 54.5 cm³/mol. The lowest BCUT2D eigenvalue weighted by atomic mass is 10.3. The van der Waals surface area contributed by atoms with Gasteiger partial charge in [-0.25, -0.2) is 0 Å². The van der Waals surface area contributed by atoms with Crippen molar-refractivity contribution in [1.82, 2.24) is 19.8 Å². The van der Waals surface area contributed by atoms with Crippen LogP contribution in [-0.2, 0) is 7.05 Å². The molecule has 1 aromatic heterocycles. The molecule has 2 rings (SSSR count). The highest BCUT2D eigenvalue weighted by molar-refractivity contribution is 6.30. The van der Waals surface area contributed by atoms with Gasteiger partial charge >= 0.3 is 0 Å². The zero-order valence-electron chi connectivity index (χ0n) is 8.35. The zero-order valence-corrected chi connectivity index (χ0v) is 9.87. The van der Waals surface area contributed by atoms with Gasteiger partial charge in [-0.15, -0.1) is 0 Å². The molecule has 6 heteroatoms. The van der Waals surface area contributed by atoms with E-state index in [1.165, 1.54) is 0 Å². The molecular weight excluding hydrogens is 235 g/mol. The Labute approximate surface area is 98.9 Å². The summed E-state index contributed by atoms with van der Waals surface area (Å²) in [5.41, 5.74) is 0.920. The lowest BCUT2D eigenvalue weighted by molar-refractivity contribution is -0.00000304. The summed E-state index contributed by atoms with van der Waals surface area (Å²) in [4.78, 5) is 0. The average Bonchev–Trinajstić information content (AvgIpc) is 2.48. The van der Waals surface area contributed by atoms with Crippen LogP contribution >= 0.6 is 11.6 Å². The third-order valence-electron chi connectivity index (χ3n) is 2.09. The summed E-state index contributed by atoms with van der Waals surface area (Å²) in [5, 5.41) is 8.60. The number of hydrogen-bond donors (Lipinski definition) is 0. The Morgan fingerprint density at radius 2 is 2.07 bits per heavy atom. The first-order valence-electron chi connectivity index (χ1n) is 4.23. The first kappa shape index (κ1) is 11.9. The molecular formula is C9H10Cl2N4. The van der Waals surface area contributed by atoms with Gasteiger partial charge in [0.25, 0.3) is 5.82 Å². The average molecular weight is 245 g/mol. The number of hydrogen-bond acceptors (Lipinski definition) is 2. The fourth-order valence-corrected chi connectivity index (χ4v) is 1.40. The fourth-order valence-electron chi connectivity index (χ4n) is 1.21. The van der Waals surface area contributed by atoms with Crippen molar-refractivity contribution < 1.29 is 12.4 Å². The first-order valence-corrected chi connectivity index (χ1v) is 4.61. The van der Waals surface area contributed by atoms with E-state index in [4.69, 9.17) is 11.6 Å². The Balaban J connectivity index is 0.00000112. The van der Waals surface area contributed by atoms with E-state index in [0.29, 0.717) is 5.02 Å². The van der Waals surface area contributed by atoms with Crippen LogP contribution in [0.5, 0.6) is 0 Å². The molecule has 0 saturated heterocycles. The van der Waals surface area contributed by atoms with E-state index in [-0.39, 0.29) is 12.4 Å². The second-order valence-electron chi connectivity index (χ2n) is 3.04. The van der Waals surface area contributed by atoms with Gasteiger partial charge in [0.15, 0.2) is 0 Å². The quantitative estimate of drug-likeness (QED) is 0.595. The van der Waals surface area contributed by atoms with Crippen molar-refractivity contribution in [1.29, 1.82) is 0 Å². The van der Waals surface area contributed by atoms with E-state index in [2.05, 4.69) is 10.4 Å². The minimum absolute atomic E-state index is 0. The molecule has 0 N–H and O–H groups in total. The lowest BCUT2D eigenvalue weighted by Gasteiger charge is -1.92. The van der Waals surface area contributed by atoms with Crippen molar-refractivity contribution in [3.05, 3.63) is 35.1 Å². The number of benzene rings is 1. The third-order valence-corrected chi connectivity index (χ3v) is 2.33. The molecule has 0 spiro atoms. The van der Waals surface area contributed by atoms with Gasteiger partial charge in [-0.1, -0.05) is 11.6 Å². The van der Waals surface area contributed by atoms with Gasteiger partial charge in [-0.3, -0.25) is 0 Å². The van der Waals surface area contributed by atoms with E-state index >= 15 is 0 Å². The lowest BCUT2D eigenvalue weighted by Crippen LogP contribution is -3.00. The fraction of sp³-hybridized carbons (Fsp3) is 0.222. The molecule has 80 valence electrons. The standard InChI is InChI=1S/C9H10ClN4.ClH/c1-7-13(2)11-12-14(7)9-5-3-4-8(10)6-9;/h3-6H,1-2H3;1H/q+1;/p-1. The molecule has 15 heavy (non-hydrogen) atoms. The maximum Gasteiger partial charge on any atom is 0.261 e. The van der Waals surface area contributed by atoms with E-state index in [1.807, 2.05) is 38.2 Å². The highest BCUT2D eigenvalue weighted by atomic mass is 35.5. The molecule has 2 aromatic rings. The monoisotopic (exact) mass is 244 g/mol. The highest BCUT2D eigenvalue weighted by Gasteiger charge is 2.14. The van der Waals surface area contributed by atoms with Gasteiger partial charge in [0.2, 0.25) is 5.69 Å². The maximum absolute atomic E-state index is 5.89. The smallest absolute Gasteiger partial charge is 0.261 e. The van der Waals surface area contributed by atoms with Crippen LogP contribution in [0.15, 0.2) is 24.3 Å². The summed E-state index contributed by atoms with van der Waals surface area (Å²) in [5.74, 6) is 0.951. The van der Waals surface area contributed by atoms with Crippen LogP contribution in [-0.4, -0.2) is 19.8 Å². The third kappa shape index (κ3) is 2.27. The van der Waals surface area contributed by atoms with Crippen molar-refractivity contribution >= 4 is 11.6 Å². The van der Waals surface area contributed by atoms with Crippen LogP contribution in [0.3, 0.4) is 0 Å². The van der Waals surface area contributed by atoms with Crippen molar-refractivity contribution in [3.63, 3.8) is 0 Å². The molecule has 1 heterocycles. The second-order valence-corrected chi connectivity index (χ2v) is 3.48. The number of aromatic nitrogens is 4. The number of halogens is 2. The molecule has 0 unspecified atom stereocenters. The second kappa shape index (κ2) is 4.59. The topological polar surface area (TPSA) is 35.6 Å². The Bertz CT molecular complexity index is 467. The molecule has 1 aromatic carbocycles. The van der Waals surface area contributed by atoms with Crippen LogP contribution in [0.4, 0.5) is 0 Å². The SMILES string of the molecule is C[c+]1n(C)nnn1-c1cccc(Cl)c1.[Cl-]. The summed E-state index contributed by atoms with van der Waals surface area (Å²) in [6.07, 6.45) is 0. The van der Waals surface area contributed by atoms with E-state index < -0.39 is 0 Å². The molecule has 0 radical (unpaired) electrons. The Morgan fingerprint density at radius 1 is 1.33 bits per heavy atom. The summed E-state index contributed by atoms with van der Waals surface area (Å²) >= 11 is 5.89. The highest BCUT2D eigenvalue weighted by Crippen LogP contribution is 2.14. The van der Waals surface area contributed by atoms with Gasteiger partial charge in [0, 0.05) is 6.07 Å². The molecule has 0 aliphatic rings. The normalized spacial score (nSPS) is 9.80. The van der Waals surface area contributed by atoms with E-state index in [0.717, 1.165) is 11.5 Å². The molecule has 0 aliphatic carbocycles. The van der Waals surface area contributed by atoms with Crippen molar-refractivity contribution in [2.75, 3.05) is 0 Å². The van der Waals surface area contributed by atoms with Crippen LogP contribution in [0.25, 0.3) is 5.69 Å². The van der Waals surface area contributed by atoms with Gasteiger partial charge in [-0.05, 0) is 27.2 Å². The van der Waals surface area contributed by atoms with Crippen LogP contribution in [0.2, 0.25) is 5.02 Å². The van der Waals surface area contributed by atoms with Crippen molar-refractivity contribution in [2.45, 2.75) is 6.92 Å². The van der Waals surface area contributed by atoms with E-state index in [1.54, 1.807) is 9.36 Å². The number of nitrogens with zero attached hydrogens (tertiary/aromatic N) is 4. The minimum Gasteiger partial charge on any atom is -1.00 e. The number of tetrazole rings is 1. The van der Waals surface area contributed by atoms with Crippen molar-refractivity contribution in [3.8, 4) is 5.69 Å². The zero-order chi connectivity index (χ0) is 10.1. The predicted octanol–water partition coefficient (Wildman–Crippen LogP) is -1.15. The molecule has 0 saturated carbocycles. The summed E-state index contributed by atoms with van der Waals surface area (Å²) in [6.45, 7) is 1.95. The molecule has 0 atom stereocenters. The Hall–Kier alpha value is -1.13. The van der Waals surface area contributed by atoms with Crippen LogP contribution in [0.1, 0.15) is 5.82 Å². The van der Waals surface area contributed by atoms with Gasteiger partial charge in [0.1, 0.15) is 0 Å². The summed E-state index contributed by atoms with van der Waals surface area (Å²) in [7, 11) is 1.85. The molecule has 0 aliphatic heterocycles. The maximum atomic E-state index is 5.89. The first-order chi connectivity index (χ1) is 6.68. The summed E-state index contributed by atoms with van der Waals surface area (Å²) < 4.78 is 3.45. The minimum atomic E-state index is 0. The molecule has 4 nitrogen and oxygen atoms in total. The van der Waals surface area contributed by atoms with Crippen molar-refractivity contribution in [2.24, 2.45) is 7.05 Å². The van der Waals surface area contributed by atoms with E-state index in [9.17, 15) is 0 Å². The van der Waals surface area contributed by atoms with Gasteiger partial charge in [0.05, 0.1) is 25.1 Å². The number of rotatable bonds is 1. The molecule has 0 fully saturated rings. The Morgan fingerprint density at radius 3 is 2.60 bits per heavy atom. The molecule has 0 bridgehead atoms. The largest absolute Gasteiger partial charge is 1.00 e. The molecule has 0 amide bonds. The van der Waals surface area contributed by atoms with Gasteiger partial charge < -0.3 is 12.4 Å². The summed E-state index contributed by atoms with van der Waals surface area (Å²) in [6, 6.07) is 7.51. The van der Waals surface area contributed by atoms with Crippen LogP contribution < -0.4 is 12.4 Å². The number of aryl methyl sites for hydroxylation is 1. The van der Waals surface area contributed by atoms with Crippen LogP contribution in [0, 0.1) is 6.92 Å².